The van der Waals surface area contributed by atoms with Crippen LogP contribution in [0.1, 0.15) is 31.7 Å². The summed E-state index contributed by atoms with van der Waals surface area (Å²) in [6.45, 7) is 3.29. The van der Waals surface area contributed by atoms with Gasteiger partial charge in [0, 0.05) is 29.5 Å². The first-order valence-corrected chi connectivity index (χ1v) is 8.08. The van der Waals surface area contributed by atoms with E-state index in [2.05, 4.69) is 52.3 Å². The van der Waals surface area contributed by atoms with Crippen molar-refractivity contribution in [3.63, 3.8) is 0 Å². The highest BCUT2D eigenvalue weighted by atomic mass is 79.9. The largest absolute Gasteiger partial charge is 0.353 e. The Bertz CT molecular complexity index is 446. The predicted molar refractivity (Wildman–Crippen MR) is 85.7 cm³/mol. The van der Waals surface area contributed by atoms with Crippen LogP contribution in [0.25, 0.3) is 0 Å². The minimum Gasteiger partial charge on any atom is -0.353 e. The molecule has 1 saturated heterocycles. The van der Waals surface area contributed by atoms with Gasteiger partial charge in [-0.25, -0.2) is 0 Å². The number of hydrogen-bond acceptors (Lipinski definition) is 2. The Labute approximate surface area is 129 Å². The van der Waals surface area contributed by atoms with Gasteiger partial charge in [0.2, 0.25) is 5.91 Å². The van der Waals surface area contributed by atoms with Gasteiger partial charge in [-0.2, -0.15) is 0 Å². The highest BCUT2D eigenvalue weighted by Gasteiger charge is 2.23. The topological polar surface area (TPSA) is 32.3 Å². The van der Waals surface area contributed by atoms with Crippen molar-refractivity contribution < 1.29 is 4.79 Å². The Morgan fingerprint density at radius 1 is 1.40 bits per heavy atom. The van der Waals surface area contributed by atoms with Crippen LogP contribution in [0.3, 0.4) is 0 Å². The van der Waals surface area contributed by atoms with Crippen molar-refractivity contribution in [3.8, 4) is 0 Å². The molecule has 1 heterocycles. The zero-order valence-electron chi connectivity index (χ0n) is 12.2. The second-order valence-electron chi connectivity index (χ2n) is 5.74. The number of aryl methyl sites for hydroxylation is 1. The molecule has 20 heavy (non-hydrogen) atoms. The number of likely N-dealkylation sites (tertiary alicyclic amines) is 1. The smallest absolute Gasteiger partial charge is 0.220 e. The van der Waals surface area contributed by atoms with E-state index in [1.165, 1.54) is 5.56 Å². The maximum atomic E-state index is 12.0. The summed E-state index contributed by atoms with van der Waals surface area (Å²) >= 11 is 3.42. The molecule has 0 bridgehead atoms. The number of amides is 1. The van der Waals surface area contributed by atoms with E-state index in [-0.39, 0.29) is 5.91 Å². The Kier molecular flexibility index (Phi) is 5.61. The van der Waals surface area contributed by atoms with Gasteiger partial charge < -0.3 is 10.2 Å². The summed E-state index contributed by atoms with van der Waals surface area (Å²) in [7, 11) is 2.15. The molecule has 1 aromatic rings. The van der Waals surface area contributed by atoms with Gasteiger partial charge in [0.1, 0.15) is 0 Å². The zero-order valence-corrected chi connectivity index (χ0v) is 13.8. The van der Waals surface area contributed by atoms with Crippen LogP contribution in [-0.4, -0.2) is 36.5 Å². The van der Waals surface area contributed by atoms with Crippen LogP contribution in [0, 0.1) is 0 Å². The third-order valence-electron chi connectivity index (χ3n) is 4.13. The molecule has 1 fully saturated rings. The van der Waals surface area contributed by atoms with Crippen LogP contribution in [0.5, 0.6) is 0 Å². The first-order chi connectivity index (χ1) is 9.54. The highest BCUT2D eigenvalue weighted by Crippen LogP contribution is 2.16. The van der Waals surface area contributed by atoms with Gasteiger partial charge in [-0.15, -0.1) is 0 Å². The molecule has 0 aromatic heterocycles. The average molecular weight is 339 g/mol. The number of rotatable bonds is 4. The lowest BCUT2D eigenvalue weighted by Gasteiger charge is -2.35. The van der Waals surface area contributed by atoms with Crippen LogP contribution in [0.4, 0.5) is 0 Å². The van der Waals surface area contributed by atoms with E-state index < -0.39 is 0 Å². The van der Waals surface area contributed by atoms with Crippen molar-refractivity contribution in [2.24, 2.45) is 0 Å². The lowest BCUT2D eigenvalue weighted by Crippen LogP contribution is -2.47. The summed E-state index contributed by atoms with van der Waals surface area (Å²) in [5, 5.41) is 3.18. The van der Waals surface area contributed by atoms with Crippen molar-refractivity contribution in [3.05, 3.63) is 34.3 Å². The summed E-state index contributed by atoms with van der Waals surface area (Å²) in [4.78, 5) is 14.4. The van der Waals surface area contributed by atoms with E-state index in [0.717, 1.165) is 30.3 Å². The normalized spacial score (nSPS) is 23.6. The molecule has 1 N–H and O–H groups in total. The van der Waals surface area contributed by atoms with Gasteiger partial charge in [-0.1, -0.05) is 28.1 Å². The van der Waals surface area contributed by atoms with E-state index in [9.17, 15) is 4.79 Å². The summed E-state index contributed by atoms with van der Waals surface area (Å²) < 4.78 is 1.08. The first-order valence-electron chi connectivity index (χ1n) is 7.28. The van der Waals surface area contributed by atoms with Crippen molar-refractivity contribution in [2.75, 3.05) is 13.6 Å². The molecule has 1 aromatic carbocycles. The third-order valence-corrected chi connectivity index (χ3v) is 4.66. The van der Waals surface area contributed by atoms with Crippen molar-refractivity contribution >= 4 is 21.8 Å². The molecule has 3 nitrogen and oxygen atoms in total. The fraction of sp³-hybridized carbons (Fsp3) is 0.562. The SMILES string of the molecule is C[C@H]1C[C@H](NC(=O)CCc2ccc(Br)cc2)CCN1C. The Balaban J connectivity index is 1.74. The van der Waals surface area contributed by atoms with Gasteiger partial charge in [0.05, 0.1) is 0 Å². The molecule has 0 unspecified atom stereocenters. The maximum Gasteiger partial charge on any atom is 0.220 e. The molecule has 0 radical (unpaired) electrons. The number of benzene rings is 1. The zero-order chi connectivity index (χ0) is 14.5. The summed E-state index contributed by atoms with van der Waals surface area (Å²) in [5.74, 6) is 0.176. The molecule has 4 heteroatoms. The maximum absolute atomic E-state index is 12.0. The lowest BCUT2D eigenvalue weighted by atomic mass is 9.98. The molecule has 2 rings (SSSR count). The Hall–Kier alpha value is -0.870. The van der Waals surface area contributed by atoms with Gasteiger partial charge >= 0.3 is 0 Å². The van der Waals surface area contributed by atoms with Crippen LogP contribution >= 0.6 is 15.9 Å². The van der Waals surface area contributed by atoms with E-state index in [1.54, 1.807) is 0 Å². The predicted octanol–water partition coefficient (Wildman–Crippen LogP) is 2.98. The lowest BCUT2D eigenvalue weighted by molar-refractivity contribution is -0.122. The number of carbonyl (C=O) groups excluding carboxylic acids is 1. The molecule has 110 valence electrons. The average Bonchev–Trinajstić information content (AvgIpc) is 2.42. The summed E-state index contributed by atoms with van der Waals surface area (Å²) in [6.07, 6.45) is 3.50. The second kappa shape index (κ2) is 7.23. The van der Waals surface area contributed by atoms with Gasteiger partial charge in [0.15, 0.2) is 0 Å². The van der Waals surface area contributed by atoms with Crippen molar-refractivity contribution in [2.45, 2.75) is 44.7 Å². The molecule has 0 saturated carbocycles. The molecular formula is C16H23BrN2O. The molecule has 0 spiro atoms. The van der Waals surface area contributed by atoms with Crippen LogP contribution in [-0.2, 0) is 11.2 Å². The number of hydrogen-bond donors (Lipinski definition) is 1. The minimum absolute atomic E-state index is 0.176. The Morgan fingerprint density at radius 2 is 2.10 bits per heavy atom. The molecule has 1 amide bonds. The Morgan fingerprint density at radius 3 is 2.75 bits per heavy atom. The van der Waals surface area contributed by atoms with E-state index in [4.69, 9.17) is 0 Å². The molecular weight excluding hydrogens is 316 g/mol. The molecule has 1 aliphatic rings. The first kappa shape index (κ1) is 15.5. The van der Waals surface area contributed by atoms with Crippen LogP contribution < -0.4 is 5.32 Å². The quantitative estimate of drug-likeness (QED) is 0.915. The molecule has 0 aliphatic carbocycles. The van der Waals surface area contributed by atoms with Crippen LogP contribution in [0.15, 0.2) is 28.7 Å². The number of nitrogens with one attached hydrogen (secondary N) is 1. The number of halogens is 1. The van der Waals surface area contributed by atoms with Crippen LogP contribution in [0.2, 0.25) is 0 Å². The summed E-state index contributed by atoms with van der Waals surface area (Å²) in [6, 6.07) is 9.07. The third kappa shape index (κ3) is 4.60. The highest BCUT2D eigenvalue weighted by molar-refractivity contribution is 9.10. The van der Waals surface area contributed by atoms with Crippen molar-refractivity contribution in [1.29, 1.82) is 0 Å². The van der Waals surface area contributed by atoms with Crippen molar-refractivity contribution in [1.82, 2.24) is 10.2 Å². The van der Waals surface area contributed by atoms with E-state index in [1.807, 2.05) is 12.1 Å². The minimum atomic E-state index is 0.176. The van der Waals surface area contributed by atoms with E-state index in [0.29, 0.717) is 18.5 Å². The molecule has 2 atom stereocenters. The standard InChI is InChI=1S/C16H23BrN2O/c1-12-11-15(9-10-19(12)2)18-16(20)8-5-13-3-6-14(17)7-4-13/h3-4,6-7,12,15H,5,8-11H2,1-2H3,(H,18,20)/t12-,15+/m0/s1. The monoisotopic (exact) mass is 338 g/mol. The fourth-order valence-electron chi connectivity index (χ4n) is 2.63. The fourth-order valence-corrected chi connectivity index (χ4v) is 2.89. The summed E-state index contributed by atoms with van der Waals surface area (Å²) in [5.41, 5.74) is 1.21. The van der Waals surface area contributed by atoms with Gasteiger partial charge in [-0.3, -0.25) is 4.79 Å². The van der Waals surface area contributed by atoms with Gasteiger partial charge in [-0.05, 0) is 50.9 Å². The number of piperidine rings is 1. The number of nitrogens with zero attached hydrogens (tertiary/aromatic N) is 1. The van der Waals surface area contributed by atoms with E-state index >= 15 is 0 Å². The second-order valence-corrected chi connectivity index (χ2v) is 6.66. The molecule has 1 aliphatic heterocycles. The number of carbonyl (C=O) groups is 1. The van der Waals surface area contributed by atoms with Gasteiger partial charge in [0.25, 0.3) is 0 Å².